The van der Waals surface area contributed by atoms with Crippen LogP contribution in [-0.2, 0) is 9.53 Å². The van der Waals surface area contributed by atoms with Gasteiger partial charge in [-0.1, -0.05) is 19.1 Å². The van der Waals surface area contributed by atoms with Crippen molar-refractivity contribution in [1.82, 2.24) is 5.32 Å². The van der Waals surface area contributed by atoms with Crippen LogP contribution < -0.4 is 5.32 Å². The van der Waals surface area contributed by atoms with Crippen LogP contribution in [-0.4, -0.2) is 30.8 Å². The predicted molar refractivity (Wildman–Crippen MR) is 74.6 cm³/mol. The number of aliphatic hydroxyl groups is 1. The Bertz CT molecular complexity index is 422. The van der Waals surface area contributed by atoms with Crippen molar-refractivity contribution >= 4 is 5.91 Å². The van der Waals surface area contributed by atoms with Gasteiger partial charge in [0.15, 0.2) is 0 Å². The molecule has 1 aromatic rings. The third-order valence-corrected chi connectivity index (χ3v) is 3.26. The highest BCUT2D eigenvalue weighted by Crippen LogP contribution is 2.17. The molecule has 0 radical (unpaired) electrons. The molecule has 4 nitrogen and oxygen atoms in total. The minimum atomic E-state index is -0.867. The highest BCUT2D eigenvalue weighted by Gasteiger charge is 2.21. The molecule has 1 rings (SSSR count). The topological polar surface area (TPSA) is 58.6 Å². The molecule has 1 amide bonds. The maximum atomic E-state index is 12.8. The molecular formula is C15H22FNO3. The number of carbonyl (C=O) groups is 1. The minimum absolute atomic E-state index is 0.129. The van der Waals surface area contributed by atoms with Crippen molar-refractivity contribution in [2.45, 2.75) is 32.4 Å². The second kappa shape index (κ2) is 7.97. The lowest BCUT2D eigenvalue weighted by atomic mass is 10.0. The number of benzene rings is 1. The van der Waals surface area contributed by atoms with E-state index in [4.69, 9.17) is 4.74 Å². The van der Waals surface area contributed by atoms with E-state index >= 15 is 0 Å². The quantitative estimate of drug-likeness (QED) is 0.805. The largest absolute Gasteiger partial charge is 0.386 e. The molecule has 0 aliphatic carbocycles. The van der Waals surface area contributed by atoms with E-state index in [0.717, 1.165) is 0 Å². The lowest BCUT2D eigenvalue weighted by Crippen LogP contribution is -2.40. The minimum Gasteiger partial charge on any atom is -0.386 e. The monoisotopic (exact) mass is 283 g/mol. The summed E-state index contributed by atoms with van der Waals surface area (Å²) in [7, 11) is 1.59. The van der Waals surface area contributed by atoms with E-state index in [0.29, 0.717) is 18.6 Å². The molecule has 0 bridgehead atoms. The second-order valence-corrected chi connectivity index (χ2v) is 4.98. The fourth-order valence-corrected chi connectivity index (χ4v) is 1.82. The van der Waals surface area contributed by atoms with Crippen molar-refractivity contribution in [3.63, 3.8) is 0 Å². The number of carbonyl (C=O) groups excluding carboxylic acids is 1. The Morgan fingerprint density at radius 1 is 1.35 bits per heavy atom. The zero-order valence-electron chi connectivity index (χ0n) is 12.1. The number of aliphatic hydroxyl groups excluding tert-OH is 1. The molecule has 1 aromatic carbocycles. The number of rotatable bonds is 7. The van der Waals surface area contributed by atoms with Gasteiger partial charge in [-0.3, -0.25) is 4.79 Å². The number of hydrogen-bond acceptors (Lipinski definition) is 3. The SMILES string of the molecule is COCCC(C)C(=O)NC(C)C(O)c1ccc(F)cc1. The number of ether oxygens (including phenoxy) is 1. The standard InChI is InChI=1S/C15H22FNO3/c1-10(8-9-20-3)15(19)17-11(2)14(18)12-4-6-13(16)7-5-12/h4-7,10-11,14,18H,8-9H2,1-3H3,(H,17,19). The first-order valence-electron chi connectivity index (χ1n) is 6.68. The number of amides is 1. The Morgan fingerprint density at radius 3 is 2.50 bits per heavy atom. The van der Waals surface area contributed by atoms with Crippen LogP contribution in [0.4, 0.5) is 4.39 Å². The smallest absolute Gasteiger partial charge is 0.223 e. The predicted octanol–water partition coefficient (Wildman–Crippen LogP) is 2.04. The maximum Gasteiger partial charge on any atom is 0.223 e. The first-order valence-corrected chi connectivity index (χ1v) is 6.68. The normalized spacial score (nSPS) is 15.4. The average molecular weight is 283 g/mol. The fraction of sp³-hybridized carbons (Fsp3) is 0.533. The first kappa shape index (κ1) is 16.6. The van der Waals surface area contributed by atoms with Gasteiger partial charge in [0, 0.05) is 19.6 Å². The van der Waals surface area contributed by atoms with Crippen LogP contribution in [0, 0.1) is 11.7 Å². The van der Waals surface area contributed by atoms with Crippen molar-refractivity contribution in [3.8, 4) is 0 Å². The summed E-state index contributed by atoms with van der Waals surface area (Å²) in [6.45, 7) is 4.05. The molecule has 0 aliphatic heterocycles. The second-order valence-electron chi connectivity index (χ2n) is 4.98. The Kier molecular flexibility index (Phi) is 6.61. The van der Waals surface area contributed by atoms with Crippen molar-refractivity contribution < 1.29 is 19.0 Å². The average Bonchev–Trinajstić information content (AvgIpc) is 2.44. The van der Waals surface area contributed by atoms with Gasteiger partial charge >= 0.3 is 0 Å². The number of methoxy groups -OCH3 is 1. The van der Waals surface area contributed by atoms with Crippen LogP contribution in [0.3, 0.4) is 0 Å². The molecule has 2 N–H and O–H groups in total. The molecule has 0 heterocycles. The van der Waals surface area contributed by atoms with Crippen LogP contribution in [0.2, 0.25) is 0 Å². The van der Waals surface area contributed by atoms with Gasteiger partial charge in [-0.25, -0.2) is 4.39 Å². The lowest BCUT2D eigenvalue weighted by molar-refractivity contribution is -0.126. The molecule has 0 fully saturated rings. The van der Waals surface area contributed by atoms with E-state index in [1.165, 1.54) is 24.3 Å². The van der Waals surface area contributed by atoms with Crippen molar-refractivity contribution in [2.75, 3.05) is 13.7 Å². The summed E-state index contributed by atoms with van der Waals surface area (Å²) < 4.78 is 17.8. The summed E-state index contributed by atoms with van der Waals surface area (Å²) in [4.78, 5) is 11.9. The third kappa shape index (κ3) is 4.90. The van der Waals surface area contributed by atoms with E-state index in [-0.39, 0.29) is 17.6 Å². The molecule has 0 saturated carbocycles. The molecule has 0 aromatic heterocycles. The van der Waals surface area contributed by atoms with Gasteiger partial charge in [0.1, 0.15) is 5.82 Å². The van der Waals surface area contributed by atoms with Crippen LogP contribution in [0.15, 0.2) is 24.3 Å². The highest BCUT2D eigenvalue weighted by molar-refractivity contribution is 5.78. The molecule has 3 atom stereocenters. The van der Waals surface area contributed by atoms with Crippen LogP contribution in [0.1, 0.15) is 31.9 Å². The molecule has 0 spiro atoms. The van der Waals surface area contributed by atoms with Crippen molar-refractivity contribution in [3.05, 3.63) is 35.6 Å². The molecule has 0 saturated heterocycles. The lowest BCUT2D eigenvalue weighted by Gasteiger charge is -2.22. The molecule has 5 heteroatoms. The number of hydrogen-bond donors (Lipinski definition) is 2. The third-order valence-electron chi connectivity index (χ3n) is 3.26. The Morgan fingerprint density at radius 2 is 1.95 bits per heavy atom. The van der Waals surface area contributed by atoms with Gasteiger partial charge < -0.3 is 15.2 Å². The van der Waals surface area contributed by atoms with Crippen molar-refractivity contribution in [1.29, 1.82) is 0 Å². The molecule has 0 aliphatic rings. The Balaban J connectivity index is 2.54. The summed E-state index contributed by atoms with van der Waals surface area (Å²) in [5.74, 6) is -0.667. The zero-order valence-corrected chi connectivity index (χ0v) is 12.1. The van der Waals surface area contributed by atoms with Gasteiger partial charge in [-0.05, 0) is 31.0 Å². The summed E-state index contributed by atoms with van der Waals surface area (Å²) >= 11 is 0. The Hall–Kier alpha value is -1.46. The van der Waals surface area contributed by atoms with E-state index in [1.807, 2.05) is 6.92 Å². The van der Waals surface area contributed by atoms with Crippen LogP contribution >= 0.6 is 0 Å². The molecule has 20 heavy (non-hydrogen) atoms. The number of nitrogens with one attached hydrogen (secondary N) is 1. The molecular weight excluding hydrogens is 261 g/mol. The van der Waals surface area contributed by atoms with E-state index in [2.05, 4.69) is 5.32 Å². The van der Waals surface area contributed by atoms with E-state index < -0.39 is 12.1 Å². The number of halogens is 1. The van der Waals surface area contributed by atoms with Gasteiger partial charge in [0.05, 0.1) is 12.1 Å². The van der Waals surface area contributed by atoms with E-state index in [9.17, 15) is 14.3 Å². The zero-order chi connectivity index (χ0) is 15.1. The van der Waals surface area contributed by atoms with Gasteiger partial charge in [-0.15, -0.1) is 0 Å². The maximum absolute atomic E-state index is 12.8. The van der Waals surface area contributed by atoms with Crippen LogP contribution in [0.5, 0.6) is 0 Å². The first-order chi connectivity index (χ1) is 9.45. The van der Waals surface area contributed by atoms with Gasteiger partial charge in [-0.2, -0.15) is 0 Å². The van der Waals surface area contributed by atoms with Crippen molar-refractivity contribution in [2.24, 2.45) is 5.92 Å². The summed E-state index contributed by atoms with van der Waals surface area (Å²) in [5.41, 5.74) is 0.573. The fourth-order valence-electron chi connectivity index (χ4n) is 1.82. The molecule has 3 unspecified atom stereocenters. The van der Waals surface area contributed by atoms with Gasteiger partial charge in [0.2, 0.25) is 5.91 Å². The van der Waals surface area contributed by atoms with E-state index in [1.54, 1.807) is 14.0 Å². The summed E-state index contributed by atoms with van der Waals surface area (Å²) in [6.07, 6.45) is -0.240. The molecule has 112 valence electrons. The Labute approximate surface area is 119 Å². The highest BCUT2D eigenvalue weighted by atomic mass is 19.1. The van der Waals surface area contributed by atoms with Gasteiger partial charge in [0.25, 0.3) is 0 Å². The van der Waals surface area contributed by atoms with Crippen LogP contribution in [0.25, 0.3) is 0 Å². The summed E-state index contributed by atoms with van der Waals surface area (Å²) in [6, 6.07) is 5.15. The summed E-state index contributed by atoms with van der Waals surface area (Å²) in [5, 5.41) is 12.9.